The average molecular weight is 250 g/mol. The van der Waals surface area contributed by atoms with Gasteiger partial charge in [0.1, 0.15) is 5.82 Å². The highest BCUT2D eigenvalue weighted by molar-refractivity contribution is 5.87. The first-order chi connectivity index (χ1) is 8.65. The van der Waals surface area contributed by atoms with Gasteiger partial charge in [0.2, 0.25) is 11.8 Å². The maximum atomic E-state index is 12.7. The minimum atomic E-state index is -0.264. The molecule has 0 aromatic heterocycles. The second-order valence-corrected chi connectivity index (χ2v) is 4.28. The van der Waals surface area contributed by atoms with Crippen molar-refractivity contribution in [1.29, 1.82) is 0 Å². The molecule has 18 heavy (non-hydrogen) atoms. The molecule has 1 aromatic carbocycles. The number of nitrogens with zero attached hydrogens (tertiary/aromatic N) is 1. The number of carbonyl (C=O) groups excluding carboxylic acids is 2. The summed E-state index contributed by atoms with van der Waals surface area (Å²) in [5.74, 6) is -0.421. The van der Waals surface area contributed by atoms with Crippen molar-refractivity contribution in [2.45, 2.75) is 12.8 Å². The summed E-state index contributed by atoms with van der Waals surface area (Å²) >= 11 is 0. The van der Waals surface area contributed by atoms with Gasteiger partial charge in [-0.05, 0) is 24.1 Å². The van der Waals surface area contributed by atoms with Crippen molar-refractivity contribution in [3.63, 3.8) is 0 Å². The summed E-state index contributed by atoms with van der Waals surface area (Å²) in [5.41, 5.74) is 0.979. The molecule has 4 nitrogen and oxygen atoms in total. The highest BCUT2D eigenvalue weighted by atomic mass is 19.1. The molecule has 0 radical (unpaired) electrons. The van der Waals surface area contributed by atoms with E-state index in [1.165, 1.54) is 12.1 Å². The van der Waals surface area contributed by atoms with Crippen molar-refractivity contribution < 1.29 is 14.0 Å². The van der Waals surface area contributed by atoms with E-state index >= 15 is 0 Å². The molecule has 1 aliphatic rings. The van der Waals surface area contributed by atoms with Crippen LogP contribution in [0.15, 0.2) is 24.3 Å². The summed E-state index contributed by atoms with van der Waals surface area (Å²) in [6.45, 7) is 1.08. The number of hydrogen-bond donors (Lipinski definition) is 1. The minimum absolute atomic E-state index is 0.0667. The maximum absolute atomic E-state index is 12.7. The van der Waals surface area contributed by atoms with Crippen LogP contribution in [0.3, 0.4) is 0 Å². The van der Waals surface area contributed by atoms with E-state index in [4.69, 9.17) is 0 Å². The smallest absolute Gasteiger partial charge is 0.241 e. The van der Waals surface area contributed by atoms with Gasteiger partial charge in [-0.2, -0.15) is 0 Å². The molecule has 2 amide bonds. The van der Waals surface area contributed by atoms with Crippen molar-refractivity contribution in [2.75, 3.05) is 19.6 Å². The summed E-state index contributed by atoms with van der Waals surface area (Å²) in [4.78, 5) is 24.5. The topological polar surface area (TPSA) is 49.4 Å². The van der Waals surface area contributed by atoms with E-state index in [0.29, 0.717) is 25.9 Å². The lowest BCUT2D eigenvalue weighted by atomic mass is 10.1. The van der Waals surface area contributed by atoms with Gasteiger partial charge in [0, 0.05) is 19.5 Å². The van der Waals surface area contributed by atoms with Gasteiger partial charge in [-0.15, -0.1) is 0 Å². The number of benzene rings is 1. The molecule has 1 fully saturated rings. The average Bonchev–Trinajstić information content (AvgIpc) is 2.52. The molecule has 1 aromatic rings. The Balaban J connectivity index is 1.90. The molecule has 1 aliphatic heterocycles. The third-order valence-electron chi connectivity index (χ3n) is 2.98. The second kappa shape index (κ2) is 5.62. The third-order valence-corrected chi connectivity index (χ3v) is 2.98. The van der Waals surface area contributed by atoms with Crippen molar-refractivity contribution in [3.8, 4) is 0 Å². The molecule has 0 bridgehead atoms. The van der Waals surface area contributed by atoms with Crippen molar-refractivity contribution in [1.82, 2.24) is 10.2 Å². The predicted octanol–water partition coefficient (Wildman–Crippen LogP) is 0.717. The molecule has 1 heterocycles. The summed E-state index contributed by atoms with van der Waals surface area (Å²) in [6, 6.07) is 6.23. The zero-order chi connectivity index (χ0) is 13.0. The molecule has 1 saturated heterocycles. The highest BCUT2D eigenvalue weighted by Crippen LogP contribution is 2.06. The van der Waals surface area contributed by atoms with Crippen LogP contribution >= 0.6 is 0 Å². The van der Waals surface area contributed by atoms with Crippen LogP contribution in [0.2, 0.25) is 0 Å². The number of halogens is 1. The fourth-order valence-electron chi connectivity index (χ4n) is 1.89. The maximum Gasteiger partial charge on any atom is 0.241 e. The third kappa shape index (κ3) is 3.29. The Morgan fingerprint density at radius 1 is 1.22 bits per heavy atom. The van der Waals surface area contributed by atoms with E-state index in [2.05, 4.69) is 5.32 Å². The minimum Gasteiger partial charge on any atom is -0.347 e. The summed E-state index contributed by atoms with van der Waals surface area (Å²) in [6.07, 6.45) is 1.01. The SMILES string of the molecule is O=C1CCN(CCc2ccc(F)cc2)C(=O)CN1. The number of nitrogens with one attached hydrogen (secondary N) is 1. The van der Waals surface area contributed by atoms with Crippen LogP contribution in [-0.4, -0.2) is 36.3 Å². The zero-order valence-electron chi connectivity index (χ0n) is 9.99. The molecule has 2 rings (SSSR count). The van der Waals surface area contributed by atoms with Crippen molar-refractivity contribution >= 4 is 11.8 Å². The first-order valence-electron chi connectivity index (χ1n) is 5.94. The van der Waals surface area contributed by atoms with Crippen molar-refractivity contribution in [3.05, 3.63) is 35.6 Å². The Morgan fingerprint density at radius 3 is 2.67 bits per heavy atom. The van der Waals surface area contributed by atoms with Crippen LogP contribution in [0.4, 0.5) is 4.39 Å². The Hall–Kier alpha value is -1.91. The molecule has 5 heteroatoms. The first kappa shape index (κ1) is 12.5. The van der Waals surface area contributed by atoms with Gasteiger partial charge in [0.25, 0.3) is 0 Å². The normalized spacial score (nSPS) is 16.4. The van der Waals surface area contributed by atoms with E-state index in [1.54, 1.807) is 17.0 Å². The van der Waals surface area contributed by atoms with Gasteiger partial charge in [0.05, 0.1) is 6.54 Å². The van der Waals surface area contributed by atoms with Crippen LogP contribution in [-0.2, 0) is 16.0 Å². The standard InChI is InChI=1S/C13H15FN2O2/c14-11-3-1-10(2-4-11)5-7-16-8-6-12(17)15-9-13(16)18/h1-4H,5-9H2,(H,15,17). The van der Waals surface area contributed by atoms with E-state index in [9.17, 15) is 14.0 Å². The number of amides is 2. The lowest BCUT2D eigenvalue weighted by Crippen LogP contribution is -2.36. The monoisotopic (exact) mass is 250 g/mol. The number of hydrogen-bond acceptors (Lipinski definition) is 2. The van der Waals surface area contributed by atoms with Crippen molar-refractivity contribution in [2.24, 2.45) is 0 Å². The molecule has 0 atom stereocenters. The molecular weight excluding hydrogens is 235 g/mol. The summed E-state index contributed by atoms with van der Waals surface area (Å²) < 4.78 is 12.7. The Labute approximate surface area is 105 Å². The molecule has 0 unspecified atom stereocenters. The lowest BCUT2D eigenvalue weighted by molar-refractivity contribution is -0.130. The van der Waals surface area contributed by atoms with Gasteiger partial charge >= 0.3 is 0 Å². The Bertz CT molecular complexity index is 445. The lowest BCUT2D eigenvalue weighted by Gasteiger charge is -2.19. The van der Waals surface area contributed by atoms with Crippen LogP contribution < -0.4 is 5.32 Å². The van der Waals surface area contributed by atoms with Gasteiger partial charge in [-0.25, -0.2) is 4.39 Å². The van der Waals surface area contributed by atoms with Gasteiger partial charge in [-0.1, -0.05) is 12.1 Å². The molecular formula is C13H15FN2O2. The molecule has 0 aliphatic carbocycles. The van der Waals surface area contributed by atoms with E-state index in [1.807, 2.05) is 0 Å². The summed E-state index contributed by atoms with van der Waals surface area (Å²) in [7, 11) is 0. The second-order valence-electron chi connectivity index (χ2n) is 4.28. The molecule has 0 saturated carbocycles. The molecule has 0 spiro atoms. The van der Waals surface area contributed by atoms with Gasteiger partial charge < -0.3 is 10.2 Å². The molecule has 96 valence electrons. The van der Waals surface area contributed by atoms with E-state index in [-0.39, 0.29) is 24.2 Å². The fraction of sp³-hybridized carbons (Fsp3) is 0.385. The Kier molecular flexibility index (Phi) is 3.92. The first-order valence-corrected chi connectivity index (χ1v) is 5.94. The highest BCUT2D eigenvalue weighted by Gasteiger charge is 2.19. The van der Waals surface area contributed by atoms with Crippen LogP contribution in [0.25, 0.3) is 0 Å². The van der Waals surface area contributed by atoms with Crippen LogP contribution in [0, 0.1) is 5.82 Å². The Morgan fingerprint density at radius 2 is 1.94 bits per heavy atom. The van der Waals surface area contributed by atoms with Gasteiger partial charge in [0.15, 0.2) is 0 Å². The van der Waals surface area contributed by atoms with Crippen LogP contribution in [0.5, 0.6) is 0 Å². The quantitative estimate of drug-likeness (QED) is 0.859. The predicted molar refractivity (Wildman–Crippen MR) is 64.3 cm³/mol. The number of carbonyl (C=O) groups is 2. The number of rotatable bonds is 3. The van der Waals surface area contributed by atoms with E-state index in [0.717, 1.165) is 5.56 Å². The fourth-order valence-corrected chi connectivity index (χ4v) is 1.89. The van der Waals surface area contributed by atoms with E-state index < -0.39 is 0 Å². The zero-order valence-corrected chi connectivity index (χ0v) is 9.99. The molecule has 1 N–H and O–H groups in total. The largest absolute Gasteiger partial charge is 0.347 e. The summed E-state index contributed by atoms with van der Waals surface area (Å²) in [5, 5.41) is 2.55. The van der Waals surface area contributed by atoms with Crippen LogP contribution in [0.1, 0.15) is 12.0 Å². The van der Waals surface area contributed by atoms with Gasteiger partial charge in [-0.3, -0.25) is 9.59 Å².